The van der Waals surface area contributed by atoms with E-state index in [2.05, 4.69) is 10.2 Å². The van der Waals surface area contributed by atoms with Crippen molar-refractivity contribution in [1.82, 2.24) is 14.8 Å². The lowest BCUT2D eigenvalue weighted by Gasteiger charge is -2.30. The minimum atomic E-state index is -0.134. The number of aromatic nitrogens is 3. The topological polar surface area (TPSA) is 85.9 Å². The van der Waals surface area contributed by atoms with Gasteiger partial charge in [0.2, 0.25) is 0 Å². The Kier molecular flexibility index (Phi) is 3.04. The maximum Gasteiger partial charge on any atom is 0.344 e. The van der Waals surface area contributed by atoms with E-state index in [-0.39, 0.29) is 17.0 Å². The lowest BCUT2D eigenvalue weighted by atomic mass is 10.0. The molecule has 2 heterocycles. The number of para-hydroxylation sites is 1. The summed E-state index contributed by atoms with van der Waals surface area (Å²) in [6, 6.07) is 8.00. The molecule has 2 unspecified atom stereocenters. The van der Waals surface area contributed by atoms with Gasteiger partial charge in [0.05, 0.1) is 5.25 Å². The van der Waals surface area contributed by atoms with Crippen LogP contribution in [0.2, 0.25) is 0 Å². The number of fused-ring (bicyclic) bond motifs is 1. The highest BCUT2D eigenvalue weighted by Gasteiger charge is 2.33. The first-order valence-corrected chi connectivity index (χ1v) is 7.93. The molecule has 1 aliphatic carbocycles. The molecule has 0 bridgehead atoms. The molecule has 7 heteroatoms. The summed E-state index contributed by atoms with van der Waals surface area (Å²) in [4.78, 5) is 11.8. The fraction of sp³-hybridized carbons (Fsp3) is 0.429. The lowest BCUT2D eigenvalue weighted by molar-refractivity contribution is 0.275. The molecule has 6 nitrogen and oxygen atoms in total. The number of hydrogen-bond donors (Lipinski definition) is 2. The van der Waals surface area contributed by atoms with Gasteiger partial charge in [-0.1, -0.05) is 30.0 Å². The molecule has 0 amide bonds. The zero-order chi connectivity index (χ0) is 14.4. The number of nitrogens with zero attached hydrogens (tertiary/aromatic N) is 2. The average molecular weight is 304 g/mol. The van der Waals surface area contributed by atoms with Crippen molar-refractivity contribution < 1.29 is 4.74 Å². The van der Waals surface area contributed by atoms with Crippen LogP contribution in [0.3, 0.4) is 0 Å². The molecule has 1 aromatic heterocycles. The molecule has 0 spiro atoms. The van der Waals surface area contributed by atoms with Crippen LogP contribution in [0, 0.1) is 0 Å². The number of thioether (sulfide) groups is 1. The van der Waals surface area contributed by atoms with E-state index in [1.54, 1.807) is 4.57 Å². The van der Waals surface area contributed by atoms with Crippen molar-refractivity contribution in [3.8, 4) is 5.75 Å². The molecule has 1 fully saturated rings. The van der Waals surface area contributed by atoms with E-state index in [0.717, 1.165) is 24.2 Å². The molecular weight excluding hydrogens is 288 g/mol. The maximum absolute atomic E-state index is 11.8. The Bertz CT molecular complexity index is 722. The van der Waals surface area contributed by atoms with Crippen LogP contribution in [0.1, 0.15) is 30.5 Å². The van der Waals surface area contributed by atoms with Crippen LogP contribution < -0.4 is 16.2 Å². The fourth-order valence-electron chi connectivity index (χ4n) is 2.63. The number of nitrogens with one attached hydrogen (secondary N) is 1. The van der Waals surface area contributed by atoms with Crippen LogP contribution in [0.5, 0.6) is 5.75 Å². The van der Waals surface area contributed by atoms with E-state index >= 15 is 0 Å². The smallest absolute Gasteiger partial charge is 0.344 e. The number of aromatic amines is 1. The number of H-pyrrole nitrogens is 1. The third kappa shape index (κ3) is 2.26. The van der Waals surface area contributed by atoms with E-state index in [9.17, 15) is 4.79 Å². The normalized spacial score (nSPS) is 24.4. The zero-order valence-corrected chi connectivity index (χ0v) is 12.2. The van der Waals surface area contributed by atoms with Crippen LogP contribution in [0.25, 0.3) is 0 Å². The van der Waals surface area contributed by atoms with Gasteiger partial charge in [-0.3, -0.25) is 4.57 Å². The number of hydrogen-bond acceptors (Lipinski definition) is 5. The van der Waals surface area contributed by atoms with Gasteiger partial charge in [-0.05, 0) is 18.9 Å². The van der Waals surface area contributed by atoms with Gasteiger partial charge in [-0.15, -0.1) is 5.10 Å². The first-order valence-electron chi connectivity index (χ1n) is 7.05. The summed E-state index contributed by atoms with van der Waals surface area (Å²) in [5.41, 5.74) is 7.24. The van der Waals surface area contributed by atoms with E-state index in [1.165, 1.54) is 11.8 Å². The van der Waals surface area contributed by atoms with Crippen molar-refractivity contribution in [2.24, 2.45) is 5.73 Å². The van der Waals surface area contributed by atoms with Crippen molar-refractivity contribution >= 4 is 11.8 Å². The second-order valence-electron chi connectivity index (χ2n) is 5.44. The van der Waals surface area contributed by atoms with E-state index in [1.807, 2.05) is 24.3 Å². The largest absolute Gasteiger partial charge is 0.492 e. The summed E-state index contributed by atoms with van der Waals surface area (Å²) < 4.78 is 7.52. The van der Waals surface area contributed by atoms with Gasteiger partial charge in [0.15, 0.2) is 5.16 Å². The van der Waals surface area contributed by atoms with Gasteiger partial charge in [0, 0.05) is 17.6 Å². The van der Waals surface area contributed by atoms with Crippen molar-refractivity contribution in [3.05, 3.63) is 40.3 Å². The van der Waals surface area contributed by atoms with Gasteiger partial charge < -0.3 is 10.5 Å². The first kappa shape index (κ1) is 13.0. The van der Waals surface area contributed by atoms with Crippen molar-refractivity contribution in [2.75, 3.05) is 6.61 Å². The number of benzene rings is 1. The van der Waals surface area contributed by atoms with Crippen LogP contribution in [0.15, 0.2) is 34.2 Å². The van der Waals surface area contributed by atoms with Crippen molar-refractivity contribution in [3.63, 3.8) is 0 Å². The Morgan fingerprint density at radius 1 is 1.38 bits per heavy atom. The summed E-state index contributed by atoms with van der Waals surface area (Å²) in [5, 5.41) is 7.44. The minimum Gasteiger partial charge on any atom is -0.492 e. The average Bonchev–Trinajstić information content (AvgIpc) is 3.27. The highest BCUT2D eigenvalue weighted by molar-refractivity contribution is 7.99. The fourth-order valence-corrected chi connectivity index (χ4v) is 3.78. The summed E-state index contributed by atoms with van der Waals surface area (Å²) in [6.45, 7) is 0.522. The number of rotatable bonds is 3. The Morgan fingerprint density at radius 2 is 2.19 bits per heavy atom. The number of ether oxygens (including phenoxy) is 1. The third-order valence-electron chi connectivity index (χ3n) is 3.92. The number of nitrogens with two attached hydrogens (primary N) is 1. The SMILES string of the molecule is NC1c2ccccc2OCC1Sc1n[nH]c(=O)n1C1CC1. The summed E-state index contributed by atoms with van der Waals surface area (Å²) >= 11 is 1.52. The van der Waals surface area contributed by atoms with Crippen molar-refractivity contribution in [1.29, 1.82) is 0 Å². The molecule has 1 saturated carbocycles. The quantitative estimate of drug-likeness (QED) is 0.896. The molecule has 1 aliphatic heterocycles. The van der Waals surface area contributed by atoms with Crippen molar-refractivity contribution in [2.45, 2.75) is 35.3 Å². The highest BCUT2D eigenvalue weighted by Crippen LogP contribution is 2.40. The molecule has 4 rings (SSSR count). The summed E-state index contributed by atoms with van der Waals surface area (Å²) in [6.07, 6.45) is 2.09. The minimum absolute atomic E-state index is 0.0487. The first-order chi connectivity index (χ1) is 10.2. The molecule has 21 heavy (non-hydrogen) atoms. The zero-order valence-electron chi connectivity index (χ0n) is 11.4. The van der Waals surface area contributed by atoms with Gasteiger partial charge in [-0.2, -0.15) is 0 Å². The Labute approximate surface area is 125 Å². The predicted octanol–water partition coefficient (Wildman–Crippen LogP) is 1.46. The van der Waals surface area contributed by atoms with Crippen LogP contribution in [-0.4, -0.2) is 26.6 Å². The molecule has 110 valence electrons. The van der Waals surface area contributed by atoms with Crippen LogP contribution in [-0.2, 0) is 0 Å². The van der Waals surface area contributed by atoms with Crippen LogP contribution >= 0.6 is 11.8 Å². The molecular formula is C14H16N4O2S. The van der Waals surface area contributed by atoms with Gasteiger partial charge in [0.1, 0.15) is 12.4 Å². The standard InChI is InChI=1S/C14H16N4O2S/c15-12-9-3-1-2-4-10(9)20-7-11(12)21-14-17-16-13(19)18(14)8-5-6-8/h1-4,8,11-12H,5-7,15H2,(H,16,19). The molecule has 0 radical (unpaired) electrons. The van der Waals surface area contributed by atoms with Gasteiger partial charge >= 0.3 is 5.69 Å². The third-order valence-corrected chi connectivity index (χ3v) is 5.15. The van der Waals surface area contributed by atoms with E-state index < -0.39 is 0 Å². The Balaban J connectivity index is 1.60. The second kappa shape index (κ2) is 4.92. The molecule has 3 N–H and O–H groups in total. The van der Waals surface area contributed by atoms with Gasteiger partial charge in [0.25, 0.3) is 0 Å². The summed E-state index contributed by atoms with van der Waals surface area (Å²) in [7, 11) is 0. The molecule has 1 aromatic carbocycles. The maximum atomic E-state index is 11.8. The summed E-state index contributed by atoms with van der Waals surface area (Å²) in [5.74, 6) is 0.850. The van der Waals surface area contributed by atoms with Gasteiger partial charge in [-0.25, -0.2) is 9.89 Å². The highest BCUT2D eigenvalue weighted by atomic mass is 32.2. The van der Waals surface area contributed by atoms with E-state index in [0.29, 0.717) is 17.8 Å². The molecule has 2 atom stereocenters. The predicted molar refractivity (Wildman–Crippen MR) is 79.6 cm³/mol. The van der Waals surface area contributed by atoms with E-state index in [4.69, 9.17) is 10.5 Å². The molecule has 0 saturated heterocycles. The molecule has 2 aliphatic rings. The Hall–Kier alpha value is -1.73. The van der Waals surface area contributed by atoms with Crippen LogP contribution in [0.4, 0.5) is 0 Å². The molecule has 2 aromatic rings. The lowest BCUT2D eigenvalue weighted by Crippen LogP contribution is -2.34. The Morgan fingerprint density at radius 3 is 3.00 bits per heavy atom. The monoisotopic (exact) mass is 304 g/mol. The second-order valence-corrected chi connectivity index (χ2v) is 6.65.